The average molecular weight is 307 g/mol. The third kappa shape index (κ3) is 2.90. The number of para-hydroxylation sites is 1. The van der Waals surface area contributed by atoms with E-state index >= 15 is 0 Å². The predicted molar refractivity (Wildman–Crippen MR) is 75.4 cm³/mol. The molecule has 1 unspecified atom stereocenters. The van der Waals surface area contributed by atoms with E-state index in [4.69, 9.17) is 9.15 Å². The minimum Gasteiger partial charge on any atom is -0.507 e. The van der Waals surface area contributed by atoms with Gasteiger partial charge in [-0.15, -0.1) is 0 Å². The van der Waals surface area contributed by atoms with E-state index in [1.807, 2.05) is 0 Å². The number of ether oxygens (including phenoxy) is 1. The third-order valence-corrected chi connectivity index (χ3v) is 3.07. The molecule has 0 spiro atoms. The lowest BCUT2D eigenvalue weighted by molar-refractivity contribution is -0.481. The van der Waals surface area contributed by atoms with Crippen LogP contribution in [0.1, 0.15) is 18.4 Å². The van der Waals surface area contributed by atoms with E-state index in [1.165, 1.54) is 19.1 Å². The lowest BCUT2D eigenvalue weighted by Crippen LogP contribution is -2.28. The van der Waals surface area contributed by atoms with Gasteiger partial charge in [0.05, 0.1) is 12.0 Å². The van der Waals surface area contributed by atoms with Crippen LogP contribution in [-0.4, -0.2) is 29.2 Å². The lowest BCUT2D eigenvalue weighted by atomic mass is 9.98. The van der Waals surface area contributed by atoms with E-state index in [9.17, 15) is 24.8 Å². The maximum absolute atomic E-state index is 12.0. The molecule has 2 aromatic rings. The Balaban J connectivity index is 2.65. The molecule has 0 fully saturated rings. The maximum atomic E-state index is 12.0. The molecule has 0 aliphatic heterocycles. The summed E-state index contributed by atoms with van der Waals surface area (Å²) in [5, 5.41) is 21.2. The van der Waals surface area contributed by atoms with Gasteiger partial charge in [-0.25, -0.2) is 4.79 Å². The van der Waals surface area contributed by atoms with Crippen LogP contribution in [0.3, 0.4) is 0 Å². The molecule has 2 rings (SSSR count). The number of aromatic hydroxyl groups is 1. The van der Waals surface area contributed by atoms with Gasteiger partial charge in [0, 0.05) is 4.92 Å². The summed E-state index contributed by atoms with van der Waals surface area (Å²) >= 11 is 0. The molecule has 22 heavy (non-hydrogen) atoms. The van der Waals surface area contributed by atoms with Crippen LogP contribution in [0.15, 0.2) is 33.5 Å². The van der Waals surface area contributed by atoms with Gasteiger partial charge in [0.2, 0.25) is 6.54 Å². The van der Waals surface area contributed by atoms with E-state index in [-0.39, 0.29) is 17.6 Å². The van der Waals surface area contributed by atoms with Gasteiger partial charge in [-0.1, -0.05) is 12.1 Å². The van der Waals surface area contributed by atoms with Crippen molar-refractivity contribution in [1.82, 2.24) is 0 Å². The number of benzene rings is 1. The second kappa shape index (κ2) is 6.25. The van der Waals surface area contributed by atoms with Gasteiger partial charge in [-0.05, 0) is 19.1 Å². The Morgan fingerprint density at radius 1 is 1.45 bits per heavy atom. The number of rotatable bonds is 5. The molecule has 1 heterocycles. The quantitative estimate of drug-likeness (QED) is 0.384. The van der Waals surface area contributed by atoms with Crippen LogP contribution in [0.4, 0.5) is 0 Å². The minimum atomic E-state index is -1.53. The average Bonchev–Trinajstić information content (AvgIpc) is 2.46. The summed E-state index contributed by atoms with van der Waals surface area (Å²) in [6, 6.07) is 6.14. The van der Waals surface area contributed by atoms with Crippen molar-refractivity contribution in [2.75, 3.05) is 13.2 Å². The number of nitrogens with zero attached hydrogens (tertiary/aromatic N) is 1. The molecule has 0 aliphatic rings. The van der Waals surface area contributed by atoms with Crippen molar-refractivity contribution in [2.24, 2.45) is 0 Å². The molecule has 116 valence electrons. The zero-order valence-corrected chi connectivity index (χ0v) is 11.6. The normalized spacial score (nSPS) is 12.0. The molecule has 0 saturated heterocycles. The summed E-state index contributed by atoms with van der Waals surface area (Å²) in [6.45, 7) is 0.645. The second-order valence-electron chi connectivity index (χ2n) is 4.47. The number of esters is 1. The zero-order chi connectivity index (χ0) is 16.3. The fourth-order valence-electron chi connectivity index (χ4n) is 2.13. The van der Waals surface area contributed by atoms with Crippen LogP contribution < -0.4 is 5.63 Å². The Morgan fingerprint density at radius 3 is 2.77 bits per heavy atom. The van der Waals surface area contributed by atoms with Crippen LogP contribution in [0.2, 0.25) is 0 Å². The van der Waals surface area contributed by atoms with Crippen molar-refractivity contribution in [3.05, 3.63) is 50.4 Å². The first-order chi connectivity index (χ1) is 10.5. The number of carbonyl (C=O) groups excluding carboxylic acids is 1. The van der Waals surface area contributed by atoms with E-state index in [0.29, 0.717) is 0 Å². The SMILES string of the molecule is CCOC(=O)C(C[N+](=O)[O-])c1c(O)c2ccccc2oc1=O. The fourth-order valence-corrected chi connectivity index (χ4v) is 2.13. The van der Waals surface area contributed by atoms with Crippen LogP contribution in [-0.2, 0) is 9.53 Å². The lowest BCUT2D eigenvalue weighted by Gasteiger charge is -2.13. The predicted octanol–water partition coefficient (Wildman–Crippen LogP) is 1.42. The molecule has 0 saturated carbocycles. The van der Waals surface area contributed by atoms with E-state index < -0.39 is 40.3 Å². The van der Waals surface area contributed by atoms with Crippen LogP contribution in [0.25, 0.3) is 11.0 Å². The molecule has 8 nitrogen and oxygen atoms in total. The molecular weight excluding hydrogens is 294 g/mol. The van der Waals surface area contributed by atoms with Gasteiger partial charge in [-0.2, -0.15) is 0 Å². The van der Waals surface area contributed by atoms with Crippen LogP contribution in [0.5, 0.6) is 5.75 Å². The molecular formula is C14H13NO7. The van der Waals surface area contributed by atoms with Gasteiger partial charge in [0.25, 0.3) is 0 Å². The van der Waals surface area contributed by atoms with Crippen LogP contribution >= 0.6 is 0 Å². The topological polar surface area (TPSA) is 120 Å². The van der Waals surface area contributed by atoms with Gasteiger partial charge in [0.1, 0.15) is 16.9 Å². The molecule has 0 radical (unpaired) electrons. The summed E-state index contributed by atoms with van der Waals surface area (Å²) in [6.07, 6.45) is 0. The molecule has 0 amide bonds. The Morgan fingerprint density at radius 2 is 2.14 bits per heavy atom. The van der Waals surface area contributed by atoms with Crippen molar-refractivity contribution in [3.8, 4) is 5.75 Å². The second-order valence-corrected chi connectivity index (χ2v) is 4.47. The van der Waals surface area contributed by atoms with Crippen molar-refractivity contribution in [2.45, 2.75) is 12.8 Å². The molecule has 1 aromatic heterocycles. The maximum Gasteiger partial charge on any atom is 0.344 e. The first kappa shape index (κ1) is 15.5. The molecule has 0 aliphatic carbocycles. The first-order valence-electron chi connectivity index (χ1n) is 6.48. The zero-order valence-electron chi connectivity index (χ0n) is 11.6. The number of hydrogen-bond donors (Lipinski definition) is 1. The summed E-state index contributed by atoms with van der Waals surface area (Å²) < 4.78 is 9.76. The summed E-state index contributed by atoms with van der Waals surface area (Å²) in [5.41, 5.74) is -1.34. The fraction of sp³-hybridized carbons (Fsp3) is 0.286. The van der Waals surface area contributed by atoms with Gasteiger partial charge < -0.3 is 14.3 Å². The van der Waals surface area contributed by atoms with Gasteiger partial charge in [0.15, 0.2) is 5.92 Å². The summed E-state index contributed by atoms with van der Waals surface area (Å²) in [5.74, 6) is -3.00. The minimum absolute atomic E-state index is 0.00722. The number of hydrogen-bond acceptors (Lipinski definition) is 7. The molecule has 1 N–H and O–H groups in total. The highest BCUT2D eigenvalue weighted by Crippen LogP contribution is 2.31. The number of carbonyl (C=O) groups is 1. The number of fused-ring (bicyclic) bond motifs is 1. The smallest absolute Gasteiger partial charge is 0.344 e. The molecule has 0 bridgehead atoms. The standard InChI is InChI=1S/C14H13NO7/c1-2-21-13(17)9(7-15(19)20)11-12(16)8-5-3-4-6-10(8)22-14(11)18/h3-6,9,16H,2,7H2,1H3. The van der Waals surface area contributed by atoms with Crippen molar-refractivity contribution in [3.63, 3.8) is 0 Å². The highest BCUT2D eigenvalue weighted by atomic mass is 16.6. The largest absolute Gasteiger partial charge is 0.507 e. The van der Waals surface area contributed by atoms with Gasteiger partial charge >= 0.3 is 11.6 Å². The Hall–Kier alpha value is -2.90. The Bertz CT molecular complexity index is 780. The van der Waals surface area contributed by atoms with Crippen molar-refractivity contribution < 1.29 is 24.0 Å². The van der Waals surface area contributed by atoms with E-state index in [1.54, 1.807) is 12.1 Å². The molecule has 8 heteroatoms. The summed E-state index contributed by atoms with van der Waals surface area (Å²) in [4.78, 5) is 33.9. The van der Waals surface area contributed by atoms with Crippen molar-refractivity contribution in [1.29, 1.82) is 0 Å². The highest BCUT2D eigenvalue weighted by Gasteiger charge is 2.34. The van der Waals surface area contributed by atoms with Gasteiger partial charge in [-0.3, -0.25) is 14.9 Å². The number of nitro groups is 1. The van der Waals surface area contributed by atoms with Crippen LogP contribution in [0, 0.1) is 10.1 Å². The van der Waals surface area contributed by atoms with Crippen molar-refractivity contribution >= 4 is 16.9 Å². The monoisotopic (exact) mass is 307 g/mol. The molecule has 1 aromatic carbocycles. The Labute approximate surface area is 124 Å². The first-order valence-corrected chi connectivity index (χ1v) is 6.48. The Kier molecular flexibility index (Phi) is 4.40. The summed E-state index contributed by atoms with van der Waals surface area (Å²) in [7, 11) is 0. The van der Waals surface area contributed by atoms with E-state index in [0.717, 1.165) is 0 Å². The highest BCUT2D eigenvalue weighted by molar-refractivity contribution is 5.87. The molecule has 1 atom stereocenters. The van der Waals surface area contributed by atoms with E-state index in [2.05, 4.69) is 0 Å². The third-order valence-electron chi connectivity index (χ3n) is 3.07.